The zero-order chi connectivity index (χ0) is 18.6. The SMILES string of the molecule is CCOC(=O)c1nn(CCN(C)C)c(-c2ccccc2)c1C(F)(F)F. The number of nitrogens with zero attached hydrogens (tertiary/aromatic N) is 3. The lowest BCUT2D eigenvalue weighted by Gasteiger charge is -2.14. The van der Waals surface area contributed by atoms with Crippen molar-refractivity contribution in [1.82, 2.24) is 14.7 Å². The Labute approximate surface area is 144 Å². The number of aromatic nitrogens is 2. The van der Waals surface area contributed by atoms with Gasteiger partial charge in [-0.2, -0.15) is 18.3 Å². The van der Waals surface area contributed by atoms with Crippen LogP contribution in [0.15, 0.2) is 30.3 Å². The predicted molar refractivity (Wildman–Crippen MR) is 87.2 cm³/mol. The van der Waals surface area contributed by atoms with Crippen LogP contribution in [-0.4, -0.2) is 47.9 Å². The number of carbonyl (C=O) groups excluding carboxylic acids is 1. The summed E-state index contributed by atoms with van der Waals surface area (Å²) in [6.07, 6.45) is -4.73. The van der Waals surface area contributed by atoms with Gasteiger partial charge in [0, 0.05) is 12.1 Å². The van der Waals surface area contributed by atoms with Gasteiger partial charge in [0.05, 0.1) is 18.8 Å². The Morgan fingerprint density at radius 1 is 1.24 bits per heavy atom. The number of hydrogen-bond acceptors (Lipinski definition) is 4. The zero-order valence-electron chi connectivity index (χ0n) is 14.3. The standard InChI is InChI=1S/C17H20F3N3O2/c1-4-25-16(24)14-13(17(18,19)20)15(12-8-6-5-7-9-12)23(21-14)11-10-22(2)3/h5-9H,4,10-11H2,1-3H3. The smallest absolute Gasteiger partial charge is 0.420 e. The Morgan fingerprint density at radius 3 is 2.40 bits per heavy atom. The quantitative estimate of drug-likeness (QED) is 0.746. The summed E-state index contributed by atoms with van der Waals surface area (Å²) in [6, 6.07) is 8.12. The molecule has 0 unspecified atom stereocenters. The van der Waals surface area contributed by atoms with Crippen LogP contribution < -0.4 is 0 Å². The minimum absolute atomic E-state index is 0.0264. The molecule has 8 heteroatoms. The number of likely N-dealkylation sites (N-methyl/N-ethyl adjacent to an activating group) is 1. The number of esters is 1. The summed E-state index contributed by atoms with van der Waals surface area (Å²) in [5.41, 5.74) is -1.54. The molecule has 0 N–H and O–H groups in total. The minimum atomic E-state index is -4.73. The zero-order valence-corrected chi connectivity index (χ0v) is 14.3. The summed E-state index contributed by atoms with van der Waals surface area (Å²) in [4.78, 5) is 13.9. The van der Waals surface area contributed by atoms with Crippen LogP contribution in [0, 0.1) is 0 Å². The molecule has 0 atom stereocenters. The van der Waals surface area contributed by atoms with Crippen LogP contribution in [0.3, 0.4) is 0 Å². The summed E-state index contributed by atoms with van der Waals surface area (Å²) >= 11 is 0. The summed E-state index contributed by atoms with van der Waals surface area (Å²) in [5, 5.41) is 3.94. The summed E-state index contributed by atoms with van der Waals surface area (Å²) in [7, 11) is 3.62. The monoisotopic (exact) mass is 355 g/mol. The number of halogens is 3. The molecule has 0 aliphatic rings. The molecule has 25 heavy (non-hydrogen) atoms. The van der Waals surface area contributed by atoms with Crippen LogP contribution in [0.2, 0.25) is 0 Å². The van der Waals surface area contributed by atoms with Crippen molar-refractivity contribution in [3.8, 4) is 11.3 Å². The third-order valence-electron chi connectivity index (χ3n) is 3.51. The van der Waals surface area contributed by atoms with Crippen molar-refractivity contribution in [2.75, 3.05) is 27.2 Å². The highest BCUT2D eigenvalue weighted by Crippen LogP contribution is 2.39. The highest BCUT2D eigenvalue weighted by atomic mass is 19.4. The number of rotatable bonds is 6. The Balaban J connectivity index is 2.68. The molecule has 0 bridgehead atoms. The minimum Gasteiger partial charge on any atom is -0.461 e. The largest absolute Gasteiger partial charge is 0.461 e. The maximum absolute atomic E-state index is 13.7. The van der Waals surface area contributed by atoms with E-state index >= 15 is 0 Å². The second kappa shape index (κ2) is 7.69. The first-order chi connectivity index (χ1) is 11.8. The van der Waals surface area contributed by atoms with Crippen LogP contribution in [-0.2, 0) is 17.5 Å². The van der Waals surface area contributed by atoms with E-state index in [9.17, 15) is 18.0 Å². The van der Waals surface area contributed by atoms with Crippen LogP contribution in [0.4, 0.5) is 13.2 Å². The van der Waals surface area contributed by atoms with Gasteiger partial charge < -0.3 is 9.64 Å². The lowest BCUT2D eigenvalue weighted by molar-refractivity contribution is -0.137. The van der Waals surface area contributed by atoms with Gasteiger partial charge in [-0.3, -0.25) is 4.68 Å². The first-order valence-corrected chi connectivity index (χ1v) is 7.81. The first kappa shape index (κ1) is 19.0. The van der Waals surface area contributed by atoms with Gasteiger partial charge in [-0.15, -0.1) is 0 Å². The maximum atomic E-state index is 13.7. The maximum Gasteiger partial charge on any atom is 0.420 e. The summed E-state index contributed by atoms with van der Waals surface area (Å²) in [6.45, 7) is 2.19. The summed E-state index contributed by atoms with van der Waals surface area (Å²) < 4.78 is 47.2. The molecule has 1 aromatic heterocycles. The second-order valence-corrected chi connectivity index (χ2v) is 5.68. The first-order valence-electron chi connectivity index (χ1n) is 7.81. The van der Waals surface area contributed by atoms with Crippen LogP contribution >= 0.6 is 0 Å². The average molecular weight is 355 g/mol. The predicted octanol–water partition coefficient (Wildman–Crippen LogP) is 3.31. The molecule has 0 saturated heterocycles. The normalized spacial score (nSPS) is 11.8. The van der Waals surface area contributed by atoms with Crippen molar-refractivity contribution >= 4 is 5.97 Å². The molecule has 2 rings (SSSR count). The number of ether oxygens (including phenoxy) is 1. The molecule has 2 aromatic rings. The molecule has 5 nitrogen and oxygen atoms in total. The van der Waals surface area contributed by atoms with E-state index in [0.29, 0.717) is 12.1 Å². The van der Waals surface area contributed by atoms with E-state index in [2.05, 4.69) is 5.10 Å². The Morgan fingerprint density at radius 2 is 1.88 bits per heavy atom. The number of carbonyl (C=O) groups is 1. The molecule has 0 aliphatic carbocycles. The van der Waals surface area contributed by atoms with Crippen molar-refractivity contribution in [2.24, 2.45) is 0 Å². The fourth-order valence-electron chi connectivity index (χ4n) is 2.42. The van der Waals surface area contributed by atoms with Crippen molar-refractivity contribution in [3.05, 3.63) is 41.6 Å². The van der Waals surface area contributed by atoms with Crippen molar-refractivity contribution in [1.29, 1.82) is 0 Å². The van der Waals surface area contributed by atoms with Crippen LogP contribution in [0.25, 0.3) is 11.3 Å². The van der Waals surface area contributed by atoms with Crippen molar-refractivity contribution in [3.63, 3.8) is 0 Å². The van der Waals surface area contributed by atoms with E-state index in [1.807, 2.05) is 19.0 Å². The Kier molecular flexibility index (Phi) is 5.84. The topological polar surface area (TPSA) is 47.4 Å². The van der Waals surface area contributed by atoms with Crippen molar-refractivity contribution < 1.29 is 22.7 Å². The third kappa shape index (κ3) is 4.39. The molecule has 0 fully saturated rings. The molecule has 0 spiro atoms. The molecular formula is C17H20F3N3O2. The Bertz CT molecular complexity index is 725. The second-order valence-electron chi connectivity index (χ2n) is 5.68. The molecule has 136 valence electrons. The van der Waals surface area contributed by atoms with Gasteiger partial charge in [-0.05, 0) is 21.0 Å². The molecule has 0 saturated carbocycles. The number of alkyl halides is 3. The van der Waals surface area contributed by atoms with Gasteiger partial charge in [0.2, 0.25) is 0 Å². The van der Waals surface area contributed by atoms with Gasteiger partial charge in [-0.1, -0.05) is 30.3 Å². The third-order valence-corrected chi connectivity index (χ3v) is 3.51. The van der Waals surface area contributed by atoms with Gasteiger partial charge >= 0.3 is 12.1 Å². The van der Waals surface area contributed by atoms with Gasteiger partial charge in [0.1, 0.15) is 5.56 Å². The molecule has 0 amide bonds. The fourth-order valence-corrected chi connectivity index (χ4v) is 2.42. The highest BCUT2D eigenvalue weighted by molar-refractivity contribution is 5.91. The van der Waals surface area contributed by atoms with E-state index < -0.39 is 23.4 Å². The van der Waals surface area contributed by atoms with Crippen molar-refractivity contribution in [2.45, 2.75) is 19.6 Å². The highest BCUT2D eigenvalue weighted by Gasteiger charge is 2.42. The van der Waals surface area contributed by atoms with E-state index in [1.54, 1.807) is 30.3 Å². The fraction of sp³-hybridized carbons (Fsp3) is 0.412. The molecular weight excluding hydrogens is 335 g/mol. The van der Waals surface area contributed by atoms with Gasteiger partial charge in [0.15, 0.2) is 5.69 Å². The van der Waals surface area contributed by atoms with E-state index in [4.69, 9.17) is 4.74 Å². The number of hydrogen-bond donors (Lipinski definition) is 0. The average Bonchev–Trinajstić information content (AvgIpc) is 2.94. The Hall–Kier alpha value is -2.35. The molecule has 1 heterocycles. The van der Waals surface area contributed by atoms with E-state index in [0.717, 1.165) is 0 Å². The molecule has 0 aliphatic heterocycles. The van der Waals surface area contributed by atoms with Crippen LogP contribution in [0.1, 0.15) is 23.0 Å². The lowest BCUT2D eigenvalue weighted by atomic mass is 10.0. The van der Waals surface area contributed by atoms with Crippen LogP contribution in [0.5, 0.6) is 0 Å². The summed E-state index contributed by atoms with van der Waals surface area (Å²) in [5.74, 6) is -1.07. The molecule has 0 radical (unpaired) electrons. The van der Waals surface area contributed by atoms with E-state index in [1.165, 1.54) is 11.6 Å². The van der Waals surface area contributed by atoms with Gasteiger partial charge in [-0.25, -0.2) is 4.79 Å². The lowest BCUT2D eigenvalue weighted by Crippen LogP contribution is -2.20. The molecule has 1 aromatic carbocycles. The van der Waals surface area contributed by atoms with E-state index in [-0.39, 0.29) is 18.8 Å². The van der Waals surface area contributed by atoms with Gasteiger partial charge in [0.25, 0.3) is 0 Å². The number of benzene rings is 1.